The van der Waals surface area contributed by atoms with Crippen molar-refractivity contribution in [2.24, 2.45) is 0 Å². The van der Waals surface area contributed by atoms with Gasteiger partial charge in [-0.25, -0.2) is 8.42 Å². The molecule has 0 spiro atoms. The fraction of sp³-hybridized carbons (Fsp3) is 0.273. The minimum Gasteiger partial charge on any atom is -0.360 e. The zero-order valence-corrected chi connectivity index (χ0v) is 11.1. The Morgan fingerprint density at radius 3 is 2.56 bits per heavy atom. The quantitative estimate of drug-likeness (QED) is 0.842. The van der Waals surface area contributed by atoms with E-state index in [1.54, 1.807) is 32.2 Å². The lowest BCUT2D eigenvalue weighted by Gasteiger charge is -2.18. The van der Waals surface area contributed by atoms with E-state index < -0.39 is 10.0 Å². The topological polar surface area (TPSA) is 76.3 Å². The van der Waals surface area contributed by atoms with Crippen LogP contribution in [0.1, 0.15) is 11.5 Å². The molecule has 2 aromatic rings. The molecule has 0 saturated carbocycles. The number of pyridine rings is 1. The predicted molar refractivity (Wildman–Crippen MR) is 65.8 cm³/mol. The average molecular weight is 267 g/mol. The summed E-state index contributed by atoms with van der Waals surface area (Å²) in [5.74, 6) is 0.281. The molecule has 96 valence electrons. The summed E-state index contributed by atoms with van der Waals surface area (Å²) in [6.45, 7) is 3.17. The third-order valence-electron chi connectivity index (χ3n) is 2.60. The molecule has 0 aliphatic rings. The molecular formula is C11H13N3O3S. The van der Waals surface area contributed by atoms with Gasteiger partial charge < -0.3 is 4.52 Å². The lowest BCUT2D eigenvalue weighted by atomic mass is 10.4. The number of hydrogen-bond donors (Lipinski definition) is 0. The Kier molecular flexibility index (Phi) is 3.08. The Labute approximate surface area is 105 Å². The van der Waals surface area contributed by atoms with Crippen LogP contribution >= 0.6 is 0 Å². The molecule has 0 radical (unpaired) electrons. The highest BCUT2D eigenvalue weighted by Gasteiger charge is 2.28. The summed E-state index contributed by atoms with van der Waals surface area (Å²) in [5.41, 5.74) is 0.834. The molecular weight excluding hydrogens is 254 g/mol. The van der Waals surface area contributed by atoms with Gasteiger partial charge in [0.05, 0.1) is 11.9 Å². The van der Waals surface area contributed by atoms with Gasteiger partial charge in [0, 0.05) is 13.2 Å². The van der Waals surface area contributed by atoms with Gasteiger partial charge in [0.25, 0.3) is 10.0 Å². The van der Waals surface area contributed by atoms with Crippen LogP contribution in [0.2, 0.25) is 0 Å². The zero-order chi connectivity index (χ0) is 13.3. The van der Waals surface area contributed by atoms with Crippen molar-refractivity contribution in [3.63, 3.8) is 0 Å². The van der Waals surface area contributed by atoms with Gasteiger partial charge in [-0.15, -0.1) is 0 Å². The van der Waals surface area contributed by atoms with E-state index in [0.717, 1.165) is 4.31 Å². The molecule has 0 amide bonds. The molecule has 0 aliphatic heterocycles. The lowest BCUT2D eigenvalue weighted by Crippen LogP contribution is -2.27. The molecule has 18 heavy (non-hydrogen) atoms. The van der Waals surface area contributed by atoms with E-state index in [1.165, 1.54) is 13.2 Å². The lowest BCUT2D eigenvalue weighted by molar-refractivity contribution is 0.390. The van der Waals surface area contributed by atoms with Crippen LogP contribution in [0.4, 0.5) is 5.69 Å². The highest BCUT2D eigenvalue weighted by molar-refractivity contribution is 7.92. The first-order valence-corrected chi connectivity index (χ1v) is 6.70. The molecule has 0 fully saturated rings. The minimum absolute atomic E-state index is 0.105. The van der Waals surface area contributed by atoms with Crippen LogP contribution in [0.25, 0.3) is 0 Å². The van der Waals surface area contributed by atoms with Gasteiger partial charge in [0.15, 0.2) is 10.7 Å². The van der Waals surface area contributed by atoms with Crippen LogP contribution < -0.4 is 4.31 Å². The maximum Gasteiger partial charge on any atom is 0.269 e. The molecule has 0 saturated heterocycles. The number of anilines is 1. The Bertz CT molecular complexity index is 630. The fourth-order valence-electron chi connectivity index (χ4n) is 1.66. The second-order valence-corrected chi connectivity index (χ2v) is 5.74. The number of hydrogen-bond acceptors (Lipinski definition) is 5. The average Bonchev–Trinajstić information content (AvgIpc) is 2.69. The molecule has 6 nitrogen and oxygen atoms in total. The molecule has 0 bridgehead atoms. The number of aryl methyl sites for hydroxylation is 2. The van der Waals surface area contributed by atoms with Crippen molar-refractivity contribution in [1.82, 2.24) is 10.1 Å². The third-order valence-corrected chi connectivity index (χ3v) is 4.63. The highest BCUT2D eigenvalue weighted by atomic mass is 32.2. The van der Waals surface area contributed by atoms with Crippen LogP contribution in [0.3, 0.4) is 0 Å². The van der Waals surface area contributed by atoms with Gasteiger partial charge in [0.1, 0.15) is 5.69 Å². The summed E-state index contributed by atoms with van der Waals surface area (Å²) < 4.78 is 30.9. The van der Waals surface area contributed by atoms with Gasteiger partial charge in [-0.05, 0) is 26.0 Å². The molecule has 0 N–H and O–H groups in total. The summed E-state index contributed by atoms with van der Waals surface area (Å²) in [7, 11) is -2.20. The first-order valence-electron chi connectivity index (χ1n) is 5.26. The van der Waals surface area contributed by atoms with Gasteiger partial charge in [-0.2, -0.15) is 0 Å². The molecule has 0 aromatic carbocycles. The van der Waals surface area contributed by atoms with Gasteiger partial charge in [-0.3, -0.25) is 9.29 Å². The van der Waals surface area contributed by atoms with E-state index in [2.05, 4.69) is 10.1 Å². The molecule has 0 aliphatic carbocycles. The number of sulfonamides is 1. The molecule has 2 rings (SSSR count). The normalized spacial score (nSPS) is 11.5. The zero-order valence-electron chi connectivity index (χ0n) is 10.3. The van der Waals surface area contributed by atoms with E-state index in [1.807, 2.05) is 0 Å². The minimum atomic E-state index is -3.67. The van der Waals surface area contributed by atoms with Crippen molar-refractivity contribution in [1.29, 1.82) is 0 Å². The number of nitrogens with zero attached hydrogens (tertiary/aromatic N) is 3. The molecule has 0 atom stereocenters. The maximum absolute atomic E-state index is 12.4. The maximum atomic E-state index is 12.4. The van der Waals surface area contributed by atoms with Crippen molar-refractivity contribution in [3.05, 3.63) is 36.0 Å². The second kappa shape index (κ2) is 4.41. The largest absolute Gasteiger partial charge is 0.360 e. The first kappa shape index (κ1) is 12.6. The summed E-state index contributed by atoms with van der Waals surface area (Å²) in [5, 5.41) is 3.66. The van der Waals surface area contributed by atoms with Gasteiger partial charge in [-0.1, -0.05) is 5.16 Å². The molecule has 2 aromatic heterocycles. The summed E-state index contributed by atoms with van der Waals surface area (Å²) >= 11 is 0. The smallest absolute Gasteiger partial charge is 0.269 e. The van der Waals surface area contributed by atoms with E-state index in [0.29, 0.717) is 11.4 Å². The number of aromatic nitrogens is 2. The van der Waals surface area contributed by atoms with Crippen molar-refractivity contribution in [2.45, 2.75) is 18.7 Å². The predicted octanol–water partition coefficient (Wildman–Crippen LogP) is 1.51. The van der Waals surface area contributed by atoms with Crippen molar-refractivity contribution >= 4 is 15.7 Å². The number of rotatable bonds is 3. The van der Waals surface area contributed by atoms with Gasteiger partial charge >= 0.3 is 0 Å². The molecule has 0 unspecified atom stereocenters. The Morgan fingerprint density at radius 1 is 1.33 bits per heavy atom. The Morgan fingerprint density at radius 2 is 2.06 bits per heavy atom. The highest BCUT2D eigenvalue weighted by Crippen LogP contribution is 2.25. The van der Waals surface area contributed by atoms with E-state index in [4.69, 9.17) is 4.52 Å². The Hall–Kier alpha value is -1.89. The van der Waals surface area contributed by atoms with Crippen molar-refractivity contribution in [3.8, 4) is 0 Å². The monoisotopic (exact) mass is 267 g/mol. The van der Waals surface area contributed by atoms with Crippen LogP contribution in [-0.2, 0) is 10.0 Å². The van der Waals surface area contributed by atoms with Crippen LogP contribution in [-0.4, -0.2) is 25.6 Å². The van der Waals surface area contributed by atoms with Crippen molar-refractivity contribution < 1.29 is 12.9 Å². The second-order valence-electron chi connectivity index (χ2n) is 3.84. The van der Waals surface area contributed by atoms with E-state index in [9.17, 15) is 8.42 Å². The summed E-state index contributed by atoms with van der Waals surface area (Å²) in [6.07, 6.45) is 3.07. The summed E-state index contributed by atoms with van der Waals surface area (Å²) in [4.78, 5) is 4.01. The summed E-state index contributed by atoms with van der Waals surface area (Å²) in [6, 6.07) is 3.34. The fourth-order valence-corrected chi connectivity index (χ4v) is 3.13. The van der Waals surface area contributed by atoms with Crippen LogP contribution in [0.5, 0.6) is 0 Å². The van der Waals surface area contributed by atoms with E-state index >= 15 is 0 Å². The van der Waals surface area contributed by atoms with Crippen LogP contribution in [0, 0.1) is 13.8 Å². The SMILES string of the molecule is Cc1noc(C)c1S(=O)(=O)N(C)c1cccnc1. The van der Waals surface area contributed by atoms with E-state index in [-0.39, 0.29) is 10.7 Å². The third kappa shape index (κ3) is 1.97. The van der Waals surface area contributed by atoms with Crippen molar-refractivity contribution in [2.75, 3.05) is 11.4 Å². The first-order chi connectivity index (χ1) is 8.44. The molecule has 2 heterocycles. The van der Waals surface area contributed by atoms with Crippen LogP contribution in [0.15, 0.2) is 33.9 Å². The van der Waals surface area contributed by atoms with Gasteiger partial charge in [0.2, 0.25) is 0 Å². The molecule has 7 heteroatoms. The Balaban J connectivity index is 2.51. The standard InChI is InChI=1S/C11H13N3O3S/c1-8-11(9(2)17-13-8)18(15,16)14(3)10-5-4-6-12-7-10/h4-7H,1-3H3.